The van der Waals surface area contributed by atoms with Crippen LogP contribution >= 0.6 is 11.3 Å². The van der Waals surface area contributed by atoms with Crippen molar-refractivity contribution in [1.29, 1.82) is 0 Å². The van der Waals surface area contributed by atoms with Gasteiger partial charge in [0.15, 0.2) is 0 Å². The molecule has 5 heteroatoms. The number of nitrogens with one attached hydrogen (secondary N) is 1. The van der Waals surface area contributed by atoms with Gasteiger partial charge >= 0.3 is 0 Å². The number of aromatic nitrogens is 2. The number of hydrogen-bond acceptors (Lipinski definition) is 5. The molecule has 1 aromatic rings. The molecule has 0 spiro atoms. The summed E-state index contributed by atoms with van der Waals surface area (Å²) >= 11 is 1.77. The van der Waals surface area contributed by atoms with Crippen molar-refractivity contribution in [1.82, 2.24) is 15.5 Å². The van der Waals surface area contributed by atoms with Gasteiger partial charge in [0, 0.05) is 32.1 Å². The molecule has 1 aliphatic heterocycles. The Balaban J connectivity index is 1.50. The van der Waals surface area contributed by atoms with Crippen LogP contribution in [0.15, 0.2) is 0 Å². The Morgan fingerprint density at radius 3 is 2.81 bits per heavy atom. The molecule has 1 N–H and O–H groups in total. The normalized spacial score (nSPS) is 20.6. The van der Waals surface area contributed by atoms with Crippen molar-refractivity contribution in [3.8, 4) is 0 Å². The lowest BCUT2D eigenvalue weighted by Gasteiger charge is -2.10. The fourth-order valence-corrected chi connectivity index (χ4v) is 2.94. The van der Waals surface area contributed by atoms with E-state index in [0.29, 0.717) is 0 Å². The Morgan fingerprint density at radius 2 is 2.06 bits per heavy atom. The van der Waals surface area contributed by atoms with Gasteiger partial charge in [0.1, 0.15) is 5.01 Å². The highest BCUT2D eigenvalue weighted by Gasteiger charge is 2.20. The van der Waals surface area contributed by atoms with E-state index in [2.05, 4.69) is 20.4 Å². The highest BCUT2D eigenvalue weighted by atomic mass is 32.1. The summed E-state index contributed by atoms with van der Waals surface area (Å²) in [5.41, 5.74) is 0. The topological polar surface area (TPSA) is 41.1 Å². The van der Waals surface area contributed by atoms with E-state index < -0.39 is 0 Å². The third-order valence-electron chi connectivity index (χ3n) is 3.18. The van der Waals surface area contributed by atoms with E-state index in [0.717, 1.165) is 37.2 Å². The summed E-state index contributed by atoms with van der Waals surface area (Å²) in [5, 5.41) is 14.4. The summed E-state index contributed by atoms with van der Waals surface area (Å²) in [5.74, 6) is 0. The molecule has 0 radical (unpaired) electrons. The van der Waals surface area contributed by atoms with Gasteiger partial charge in [-0.15, -0.1) is 10.2 Å². The van der Waals surface area contributed by atoms with Crippen molar-refractivity contribution in [2.75, 3.05) is 24.5 Å². The van der Waals surface area contributed by atoms with Crippen molar-refractivity contribution in [2.24, 2.45) is 0 Å². The van der Waals surface area contributed by atoms with Crippen molar-refractivity contribution in [2.45, 2.75) is 38.1 Å². The van der Waals surface area contributed by atoms with Gasteiger partial charge in [-0.25, -0.2) is 0 Å². The van der Waals surface area contributed by atoms with Crippen LogP contribution in [0.5, 0.6) is 0 Å². The summed E-state index contributed by atoms with van der Waals surface area (Å²) in [6, 6.07) is 0.797. The third-order valence-corrected chi connectivity index (χ3v) is 4.23. The monoisotopic (exact) mass is 238 g/mol. The Morgan fingerprint density at radius 1 is 1.25 bits per heavy atom. The van der Waals surface area contributed by atoms with Gasteiger partial charge in [-0.05, 0) is 25.7 Å². The van der Waals surface area contributed by atoms with E-state index in [1.165, 1.54) is 30.7 Å². The number of anilines is 1. The van der Waals surface area contributed by atoms with Gasteiger partial charge in [0.2, 0.25) is 5.13 Å². The molecular formula is C11H18N4S. The average Bonchev–Trinajstić information content (AvgIpc) is 2.83. The van der Waals surface area contributed by atoms with Crippen LogP contribution in [0.2, 0.25) is 0 Å². The summed E-state index contributed by atoms with van der Waals surface area (Å²) in [4.78, 5) is 2.36. The minimum absolute atomic E-state index is 0.797. The number of hydrogen-bond donors (Lipinski definition) is 1. The predicted octanol–water partition coefficient (Wildman–Crippen LogP) is 1.43. The molecule has 0 aromatic carbocycles. The maximum Gasteiger partial charge on any atom is 0.208 e. The summed E-state index contributed by atoms with van der Waals surface area (Å²) in [7, 11) is 0. The molecule has 16 heavy (non-hydrogen) atoms. The predicted molar refractivity (Wildman–Crippen MR) is 66.1 cm³/mol. The van der Waals surface area contributed by atoms with E-state index in [4.69, 9.17) is 0 Å². The first-order valence-electron chi connectivity index (χ1n) is 6.22. The standard InChI is InChI=1S/C11H18N4S/c1-2-8-15(7-1)11-14-13-10(16-11)5-6-12-9-3-4-9/h9,12H,1-8H2. The fraction of sp³-hybridized carbons (Fsp3) is 0.818. The Bertz CT molecular complexity index is 342. The SMILES string of the molecule is C1CCN(c2nnc(CCNC3CC3)s2)C1. The molecule has 2 aliphatic rings. The highest BCUT2D eigenvalue weighted by Crippen LogP contribution is 2.24. The van der Waals surface area contributed by atoms with Gasteiger partial charge in [-0.3, -0.25) is 0 Å². The zero-order chi connectivity index (χ0) is 10.8. The van der Waals surface area contributed by atoms with Crippen LogP contribution in [0.25, 0.3) is 0 Å². The van der Waals surface area contributed by atoms with E-state index in [9.17, 15) is 0 Å². The van der Waals surface area contributed by atoms with Gasteiger partial charge in [0.05, 0.1) is 0 Å². The smallest absolute Gasteiger partial charge is 0.208 e. The molecule has 4 nitrogen and oxygen atoms in total. The maximum atomic E-state index is 4.28. The van der Waals surface area contributed by atoms with Crippen LogP contribution in [0.1, 0.15) is 30.7 Å². The molecule has 0 bridgehead atoms. The third kappa shape index (κ3) is 2.52. The maximum absolute atomic E-state index is 4.28. The second kappa shape index (κ2) is 4.67. The van der Waals surface area contributed by atoms with Crippen LogP contribution in [0, 0.1) is 0 Å². The molecule has 1 saturated carbocycles. The summed E-state index contributed by atoms with van der Waals surface area (Å²) in [6.07, 6.45) is 6.35. The van der Waals surface area contributed by atoms with E-state index in [-0.39, 0.29) is 0 Å². The lowest BCUT2D eigenvalue weighted by molar-refractivity contribution is 0.677. The van der Waals surface area contributed by atoms with Crippen LogP contribution in [0.4, 0.5) is 5.13 Å². The second-order valence-electron chi connectivity index (χ2n) is 4.65. The first-order valence-corrected chi connectivity index (χ1v) is 7.04. The molecule has 88 valence electrons. The van der Waals surface area contributed by atoms with E-state index >= 15 is 0 Å². The lowest BCUT2D eigenvalue weighted by Crippen LogP contribution is -2.19. The summed E-state index contributed by atoms with van der Waals surface area (Å²) < 4.78 is 0. The molecule has 2 heterocycles. The molecule has 1 aliphatic carbocycles. The van der Waals surface area contributed by atoms with E-state index in [1.807, 2.05) is 0 Å². The van der Waals surface area contributed by atoms with Gasteiger partial charge in [0.25, 0.3) is 0 Å². The van der Waals surface area contributed by atoms with Gasteiger partial charge < -0.3 is 10.2 Å². The zero-order valence-electron chi connectivity index (χ0n) is 9.48. The van der Waals surface area contributed by atoms with Gasteiger partial charge in [-0.1, -0.05) is 11.3 Å². The van der Waals surface area contributed by atoms with Crippen molar-refractivity contribution in [3.63, 3.8) is 0 Å². The van der Waals surface area contributed by atoms with E-state index in [1.54, 1.807) is 11.3 Å². The molecule has 3 rings (SSSR count). The van der Waals surface area contributed by atoms with Crippen LogP contribution in [-0.4, -0.2) is 35.9 Å². The molecule has 2 fully saturated rings. The molecule has 0 unspecified atom stereocenters. The Kier molecular flexibility index (Phi) is 3.06. The number of rotatable bonds is 5. The fourth-order valence-electron chi connectivity index (χ4n) is 2.05. The zero-order valence-corrected chi connectivity index (χ0v) is 10.3. The highest BCUT2D eigenvalue weighted by molar-refractivity contribution is 7.15. The van der Waals surface area contributed by atoms with Crippen molar-refractivity contribution < 1.29 is 0 Å². The molecular weight excluding hydrogens is 220 g/mol. The Labute approximate surface area is 100 Å². The first kappa shape index (κ1) is 10.5. The van der Waals surface area contributed by atoms with Crippen LogP contribution in [-0.2, 0) is 6.42 Å². The largest absolute Gasteiger partial charge is 0.347 e. The summed E-state index contributed by atoms with van der Waals surface area (Å²) in [6.45, 7) is 3.38. The minimum atomic E-state index is 0.797. The number of nitrogens with zero attached hydrogens (tertiary/aromatic N) is 3. The lowest BCUT2D eigenvalue weighted by atomic mass is 10.4. The second-order valence-corrected chi connectivity index (χ2v) is 5.69. The minimum Gasteiger partial charge on any atom is -0.347 e. The Hall–Kier alpha value is -0.680. The molecule has 0 amide bonds. The molecule has 0 atom stereocenters. The first-order chi connectivity index (χ1) is 7.92. The van der Waals surface area contributed by atoms with Crippen LogP contribution in [0.3, 0.4) is 0 Å². The average molecular weight is 238 g/mol. The van der Waals surface area contributed by atoms with Gasteiger partial charge in [-0.2, -0.15) is 0 Å². The van der Waals surface area contributed by atoms with Crippen molar-refractivity contribution >= 4 is 16.5 Å². The van der Waals surface area contributed by atoms with Crippen molar-refractivity contribution in [3.05, 3.63) is 5.01 Å². The molecule has 1 aromatic heterocycles. The van der Waals surface area contributed by atoms with Crippen LogP contribution < -0.4 is 10.2 Å². The molecule has 1 saturated heterocycles. The quantitative estimate of drug-likeness (QED) is 0.842.